The zero-order chi connectivity index (χ0) is 27.6. The highest BCUT2D eigenvalue weighted by molar-refractivity contribution is 7.99. The number of nitrogens with zero attached hydrogens (tertiary/aromatic N) is 7. The molecule has 0 spiro atoms. The van der Waals surface area contributed by atoms with Crippen molar-refractivity contribution >= 4 is 33.7 Å². The van der Waals surface area contributed by atoms with Gasteiger partial charge < -0.3 is 4.57 Å². The summed E-state index contributed by atoms with van der Waals surface area (Å²) < 4.78 is 3.81. The van der Waals surface area contributed by atoms with E-state index < -0.39 is 5.41 Å². The molecule has 39 heavy (non-hydrogen) atoms. The lowest BCUT2D eigenvalue weighted by Crippen LogP contribution is -2.23. The molecule has 2 aromatic carbocycles. The van der Waals surface area contributed by atoms with Crippen LogP contribution in [-0.4, -0.2) is 24.9 Å². The number of pyridine rings is 2. The third-order valence-corrected chi connectivity index (χ3v) is 8.03. The molecule has 0 atom stereocenters. The standard InChI is InChI=1S/C31H29N7S/c1-5-6-15-39-24-11-7-21(8-12-24)22-9-13-26-25(16-22)29-27(18-34-26)37(4)30(36-20-33)38(29)23-10-14-28(35-17-23)31(2,3)19-32/h7-14,16-18H,5-6,15H2,1-4H3/b36-30-. The molecule has 0 saturated heterocycles. The zero-order valence-corrected chi connectivity index (χ0v) is 23.3. The number of hydrogen-bond donors (Lipinski definition) is 0. The van der Waals surface area contributed by atoms with Crippen LogP contribution in [0.5, 0.6) is 0 Å². The summed E-state index contributed by atoms with van der Waals surface area (Å²) in [5, 5.41) is 20.0. The Bertz CT molecular complexity index is 1810. The Morgan fingerprint density at radius 3 is 2.41 bits per heavy atom. The smallest absolute Gasteiger partial charge is 0.226 e. The van der Waals surface area contributed by atoms with Crippen LogP contribution in [0.3, 0.4) is 0 Å². The summed E-state index contributed by atoms with van der Waals surface area (Å²) in [4.78, 5) is 14.7. The molecule has 0 aliphatic rings. The first kappa shape index (κ1) is 26.2. The van der Waals surface area contributed by atoms with Gasteiger partial charge in [-0.05, 0) is 73.5 Å². The molecule has 3 aromatic heterocycles. The van der Waals surface area contributed by atoms with E-state index in [0.717, 1.165) is 44.5 Å². The van der Waals surface area contributed by atoms with Crippen LogP contribution >= 0.6 is 11.8 Å². The molecule has 0 N–H and O–H groups in total. The fourth-order valence-corrected chi connectivity index (χ4v) is 5.62. The van der Waals surface area contributed by atoms with Crippen LogP contribution in [0, 0.1) is 22.8 Å². The van der Waals surface area contributed by atoms with Gasteiger partial charge >= 0.3 is 0 Å². The number of fused-ring (bicyclic) bond motifs is 3. The van der Waals surface area contributed by atoms with Gasteiger partial charge in [-0.2, -0.15) is 10.5 Å². The number of nitriles is 2. The van der Waals surface area contributed by atoms with Crippen molar-refractivity contribution in [2.75, 3.05) is 5.75 Å². The molecular weight excluding hydrogens is 502 g/mol. The normalized spacial score (nSPS) is 12.1. The van der Waals surface area contributed by atoms with E-state index in [4.69, 9.17) is 4.98 Å². The van der Waals surface area contributed by atoms with Crippen molar-refractivity contribution in [3.63, 3.8) is 0 Å². The molecule has 3 heterocycles. The molecule has 0 amide bonds. The fraction of sp³-hybridized carbons (Fsp3) is 0.258. The van der Waals surface area contributed by atoms with Crippen molar-refractivity contribution in [3.05, 3.63) is 78.3 Å². The molecule has 0 radical (unpaired) electrons. The summed E-state index contributed by atoms with van der Waals surface area (Å²) in [6, 6.07) is 21.0. The maximum Gasteiger partial charge on any atom is 0.226 e. The van der Waals surface area contributed by atoms with E-state index in [-0.39, 0.29) is 0 Å². The monoisotopic (exact) mass is 531 g/mol. The number of aromatic nitrogens is 4. The van der Waals surface area contributed by atoms with E-state index in [9.17, 15) is 10.5 Å². The van der Waals surface area contributed by atoms with Crippen molar-refractivity contribution in [1.29, 1.82) is 10.5 Å². The molecule has 0 bridgehead atoms. The van der Waals surface area contributed by atoms with Gasteiger partial charge in [0.2, 0.25) is 11.8 Å². The molecule has 5 rings (SSSR count). The topological polar surface area (TPSA) is 95.6 Å². The lowest BCUT2D eigenvalue weighted by Gasteiger charge is -2.15. The summed E-state index contributed by atoms with van der Waals surface area (Å²) in [5.41, 5.74) is 5.97. The van der Waals surface area contributed by atoms with Gasteiger partial charge in [0.05, 0.1) is 51.8 Å². The average Bonchev–Trinajstić information content (AvgIpc) is 3.25. The Balaban J connectivity index is 1.69. The van der Waals surface area contributed by atoms with E-state index in [1.165, 1.54) is 17.7 Å². The Hall–Kier alpha value is -4.40. The molecule has 0 unspecified atom stereocenters. The van der Waals surface area contributed by atoms with Crippen molar-refractivity contribution < 1.29 is 0 Å². The van der Waals surface area contributed by atoms with Gasteiger partial charge in [-0.1, -0.05) is 31.5 Å². The lowest BCUT2D eigenvalue weighted by atomic mass is 9.91. The van der Waals surface area contributed by atoms with Crippen molar-refractivity contribution in [3.8, 4) is 29.1 Å². The van der Waals surface area contributed by atoms with E-state index >= 15 is 0 Å². The minimum absolute atomic E-state index is 0.467. The molecule has 0 aliphatic heterocycles. The van der Waals surface area contributed by atoms with E-state index in [1.807, 2.05) is 72.4 Å². The van der Waals surface area contributed by atoms with E-state index in [2.05, 4.69) is 59.4 Å². The highest BCUT2D eigenvalue weighted by atomic mass is 32.2. The number of benzene rings is 2. The van der Waals surface area contributed by atoms with Gasteiger partial charge in [-0.25, -0.2) is 0 Å². The van der Waals surface area contributed by atoms with Crippen LogP contribution in [0.2, 0.25) is 0 Å². The van der Waals surface area contributed by atoms with Gasteiger partial charge in [-0.3, -0.25) is 14.5 Å². The maximum absolute atomic E-state index is 9.54. The third-order valence-electron chi connectivity index (χ3n) is 6.94. The molecule has 0 saturated carbocycles. The number of thioether (sulfide) groups is 1. The van der Waals surface area contributed by atoms with Crippen LogP contribution in [0.15, 0.2) is 76.9 Å². The summed E-state index contributed by atoms with van der Waals surface area (Å²) in [6.07, 6.45) is 7.90. The zero-order valence-electron chi connectivity index (χ0n) is 22.5. The minimum atomic E-state index is -0.711. The Kier molecular flexibility index (Phi) is 7.24. The lowest BCUT2D eigenvalue weighted by molar-refractivity contribution is 0.658. The summed E-state index contributed by atoms with van der Waals surface area (Å²) in [7, 11) is 1.88. The number of imidazole rings is 1. The highest BCUT2D eigenvalue weighted by Gasteiger charge is 2.22. The molecule has 8 heteroatoms. The van der Waals surface area contributed by atoms with Crippen molar-refractivity contribution in [2.24, 2.45) is 12.0 Å². The molecular formula is C31H29N7S. The number of rotatable bonds is 7. The summed E-state index contributed by atoms with van der Waals surface area (Å²) in [6.45, 7) is 5.89. The quantitative estimate of drug-likeness (QED) is 0.133. The summed E-state index contributed by atoms with van der Waals surface area (Å²) >= 11 is 1.89. The first-order valence-electron chi connectivity index (χ1n) is 12.9. The van der Waals surface area contributed by atoms with Crippen molar-refractivity contribution in [1.82, 2.24) is 19.1 Å². The van der Waals surface area contributed by atoms with Crippen LogP contribution in [0.25, 0.3) is 38.8 Å². The third kappa shape index (κ3) is 4.92. The second-order valence-corrected chi connectivity index (χ2v) is 11.2. The fourth-order valence-electron chi connectivity index (χ4n) is 4.62. The van der Waals surface area contributed by atoms with Gasteiger partial charge in [-0.15, -0.1) is 16.8 Å². The Labute approximate surface area is 232 Å². The SMILES string of the molecule is CCCCSc1ccc(-c2ccc3ncc4c(c3c2)n(-c2ccc(C(C)(C)C#N)nc2)/c(=N\C#N)n4C)cc1. The van der Waals surface area contributed by atoms with Gasteiger partial charge in [0.15, 0.2) is 0 Å². The van der Waals surface area contributed by atoms with Crippen LogP contribution < -0.4 is 5.62 Å². The van der Waals surface area contributed by atoms with Crippen LogP contribution in [0.4, 0.5) is 0 Å². The number of unbranched alkanes of at least 4 members (excludes halogenated alkanes) is 1. The van der Waals surface area contributed by atoms with Gasteiger partial charge in [0, 0.05) is 17.3 Å². The predicted molar refractivity (Wildman–Crippen MR) is 156 cm³/mol. The molecule has 0 fully saturated rings. The van der Waals surface area contributed by atoms with Gasteiger partial charge in [0.1, 0.15) is 0 Å². The largest absolute Gasteiger partial charge is 0.311 e. The van der Waals surface area contributed by atoms with Crippen LogP contribution in [-0.2, 0) is 12.5 Å². The van der Waals surface area contributed by atoms with E-state index in [0.29, 0.717) is 11.3 Å². The Morgan fingerprint density at radius 1 is 0.974 bits per heavy atom. The highest BCUT2D eigenvalue weighted by Crippen LogP contribution is 2.31. The minimum Gasteiger partial charge on any atom is -0.311 e. The number of aryl methyl sites for hydroxylation is 1. The second kappa shape index (κ2) is 10.8. The molecule has 7 nitrogen and oxygen atoms in total. The first-order valence-corrected chi connectivity index (χ1v) is 13.9. The van der Waals surface area contributed by atoms with Crippen molar-refractivity contribution in [2.45, 2.75) is 43.9 Å². The second-order valence-electron chi connectivity index (χ2n) is 10.00. The molecule has 0 aliphatic carbocycles. The summed E-state index contributed by atoms with van der Waals surface area (Å²) in [5.74, 6) is 1.13. The Morgan fingerprint density at radius 2 is 1.74 bits per heavy atom. The maximum atomic E-state index is 9.54. The number of hydrogen-bond acceptors (Lipinski definition) is 6. The molecule has 194 valence electrons. The first-order chi connectivity index (χ1) is 18.9. The van der Waals surface area contributed by atoms with Crippen LogP contribution in [0.1, 0.15) is 39.3 Å². The predicted octanol–water partition coefficient (Wildman–Crippen LogP) is 6.65. The van der Waals surface area contributed by atoms with Gasteiger partial charge in [0.25, 0.3) is 0 Å². The molecule has 5 aromatic rings. The average molecular weight is 532 g/mol. The van der Waals surface area contributed by atoms with E-state index in [1.54, 1.807) is 6.20 Å².